The molecule has 0 fully saturated rings. The summed E-state index contributed by atoms with van der Waals surface area (Å²) in [6, 6.07) is 8.31. The van der Waals surface area contributed by atoms with Crippen molar-refractivity contribution in [2.75, 3.05) is 32.0 Å². The fourth-order valence-electron chi connectivity index (χ4n) is 3.71. The highest BCUT2D eigenvalue weighted by molar-refractivity contribution is 7.18. The number of amides is 3. The molecule has 1 aromatic heterocycles. The predicted octanol–water partition coefficient (Wildman–Crippen LogP) is 4.08. The SMILES string of the molecule is CN1CCc2ccc(NC(=O)[C@@H](CCNC(=O)OC(C)(C)C)NC(=O)c3ccc(Cl)s3)cc2CC1. The topological polar surface area (TPSA) is 99.8 Å². The zero-order valence-corrected chi connectivity index (χ0v) is 22.1. The lowest BCUT2D eigenvalue weighted by Crippen LogP contribution is -2.46. The van der Waals surface area contributed by atoms with E-state index < -0.39 is 23.6 Å². The van der Waals surface area contributed by atoms with E-state index in [4.69, 9.17) is 16.3 Å². The van der Waals surface area contributed by atoms with Crippen molar-refractivity contribution < 1.29 is 19.1 Å². The molecule has 1 aliphatic rings. The summed E-state index contributed by atoms with van der Waals surface area (Å²) in [7, 11) is 2.11. The molecule has 3 N–H and O–H groups in total. The minimum Gasteiger partial charge on any atom is -0.444 e. The Balaban J connectivity index is 1.68. The molecule has 3 rings (SSSR count). The maximum Gasteiger partial charge on any atom is 0.407 e. The number of ether oxygens (including phenoxy) is 1. The molecule has 2 heterocycles. The van der Waals surface area contributed by atoms with Crippen LogP contribution in [0.25, 0.3) is 0 Å². The number of thiophene rings is 1. The van der Waals surface area contributed by atoms with Gasteiger partial charge in [0.05, 0.1) is 9.21 Å². The molecule has 35 heavy (non-hydrogen) atoms. The minimum absolute atomic E-state index is 0.148. The maximum atomic E-state index is 13.2. The van der Waals surface area contributed by atoms with Gasteiger partial charge < -0.3 is 25.6 Å². The van der Waals surface area contributed by atoms with Crippen molar-refractivity contribution in [1.29, 1.82) is 0 Å². The van der Waals surface area contributed by atoms with E-state index in [9.17, 15) is 14.4 Å². The van der Waals surface area contributed by atoms with Crippen molar-refractivity contribution in [3.05, 3.63) is 50.7 Å². The van der Waals surface area contributed by atoms with Gasteiger partial charge in [-0.1, -0.05) is 17.7 Å². The van der Waals surface area contributed by atoms with Gasteiger partial charge in [0.25, 0.3) is 5.91 Å². The second kappa shape index (κ2) is 11.9. The lowest BCUT2D eigenvalue weighted by molar-refractivity contribution is -0.118. The number of hydrogen-bond donors (Lipinski definition) is 3. The van der Waals surface area contributed by atoms with E-state index >= 15 is 0 Å². The minimum atomic E-state index is -0.872. The highest BCUT2D eigenvalue weighted by Gasteiger charge is 2.24. The number of alkyl carbamates (subject to hydrolysis) is 1. The van der Waals surface area contributed by atoms with Crippen molar-refractivity contribution in [2.24, 2.45) is 0 Å². The molecule has 0 bridgehead atoms. The maximum absolute atomic E-state index is 13.2. The third kappa shape index (κ3) is 8.52. The Morgan fingerprint density at radius 3 is 2.49 bits per heavy atom. The van der Waals surface area contributed by atoms with E-state index in [1.54, 1.807) is 32.9 Å². The van der Waals surface area contributed by atoms with E-state index in [1.807, 2.05) is 12.1 Å². The molecule has 0 aliphatic carbocycles. The first-order valence-corrected chi connectivity index (χ1v) is 12.8. The molecular formula is C25H33ClN4O4S. The monoisotopic (exact) mass is 520 g/mol. The quantitative estimate of drug-likeness (QED) is 0.510. The van der Waals surface area contributed by atoms with Gasteiger partial charge in [0.1, 0.15) is 11.6 Å². The molecule has 0 saturated heterocycles. The second-order valence-electron chi connectivity index (χ2n) is 9.62. The summed E-state index contributed by atoms with van der Waals surface area (Å²) in [6.45, 7) is 7.43. The number of nitrogens with one attached hydrogen (secondary N) is 3. The van der Waals surface area contributed by atoms with Crippen molar-refractivity contribution >= 4 is 46.5 Å². The molecule has 1 atom stereocenters. The molecule has 1 aromatic carbocycles. The zero-order chi connectivity index (χ0) is 25.6. The summed E-state index contributed by atoms with van der Waals surface area (Å²) >= 11 is 7.09. The Hall–Kier alpha value is -2.62. The lowest BCUT2D eigenvalue weighted by Gasteiger charge is -2.21. The van der Waals surface area contributed by atoms with Crippen LogP contribution in [0.1, 0.15) is 48.0 Å². The van der Waals surface area contributed by atoms with Gasteiger partial charge in [0, 0.05) is 25.3 Å². The summed E-state index contributed by atoms with van der Waals surface area (Å²) in [6.07, 6.45) is 1.49. The highest BCUT2D eigenvalue weighted by atomic mass is 35.5. The van der Waals surface area contributed by atoms with Crippen LogP contribution in [0.5, 0.6) is 0 Å². The summed E-state index contributed by atoms with van der Waals surface area (Å²) in [4.78, 5) is 40.6. The van der Waals surface area contributed by atoms with Crippen molar-refractivity contribution in [1.82, 2.24) is 15.5 Å². The molecule has 3 amide bonds. The van der Waals surface area contributed by atoms with Crippen LogP contribution in [0.2, 0.25) is 4.34 Å². The molecule has 8 nitrogen and oxygen atoms in total. The summed E-state index contributed by atoms with van der Waals surface area (Å²) in [5.41, 5.74) is 2.55. The molecule has 0 unspecified atom stereocenters. The van der Waals surface area contributed by atoms with Crippen molar-refractivity contribution in [3.8, 4) is 0 Å². The summed E-state index contributed by atoms with van der Waals surface area (Å²) in [5.74, 6) is -0.762. The van der Waals surface area contributed by atoms with Crippen LogP contribution in [-0.2, 0) is 22.4 Å². The van der Waals surface area contributed by atoms with Crippen LogP contribution in [0.4, 0.5) is 10.5 Å². The standard InChI is InChI=1S/C25H33ClN4O4S/c1-25(2,3)34-24(33)27-12-9-19(29-23(32)20-7-8-21(26)35-20)22(31)28-18-6-5-16-10-13-30(4)14-11-17(16)15-18/h5-8,15,19H,9-14H2,1-4H3,(H,27,33)(H,28,31)(H,29,32)/t19-/m1/s1. The number of halogens is 1. The van der Waals surface area contributed by atoms with E-state index in [0.29, 0.717) is 14.9 Å². The number of carbonyl (C=O) groups is 3. The van der Waals surface area contributed by atoms with Crippen LogP contribution in [-0.4, -0.2) is 61.1 Å². The smallest absolute Gasteiger partial charge is 0.407 e. The Morgan fingerprint density at radius 1 is 1.11 bits per heavy atom. The Labute approximate surface area is 215 Å². The summed E-state index contributed by atoms with van der Waals surface area (Å²) in [5, 5.41) is 8.34. The van der Waals surface area contributed by atoms with Gasteiger partial charge >= 0.3 is 6.09 Å². The van der Waals surface area contributed by atoms with Crippen molar-refractivity contribution in [2.45, 2.75) is 51.7 Å². The van der Waals surface area contributed by atoms with Crippen LogP contribution in [0.15, 0.2) is 30.3 Å². The molecular weight excluding hydrogens is 488 g/mol. The predicted molar refractivity (Wildman–Crippen MR) is 139 cm³/mol. The number of rotatable bonds is 7. The fraction of sp³-hybridized carbons (Fsp3) is 0.480. The molecule has 10 heteroatoms. The third-order valence-corrected chi connectivity index (χ3v) is 6.75. The lowest BCUT2D eigenvalue weighted by atomic mass is 10.0. The van der Waals surface area contributed by atoms with Crippen molar-refractivity contribution in [3.63, 3.8) is 0 Å². The Morgan fingerprint density at radius 2 is 1.83 bits per heavy atom. The largest absolute Gasteiger partial charge is 0.444 e. The van der Waals surface area contributed by atoms with Crippen LogP contribution >= 0.6 is 22.9 Å². The average Bonchev–Trinajstić information content (AvgIpc) is 3.12. The number of hydrogen-bond acceptors (Lipinski definition) is 6. The first kappa shape index (κ1) is 27.0. The molecule has 2 aromatic rings. The summed E-state index contributed by atoms with van der Waals surface area (Å²) < 4.78 is 5.73. The van der Waals surface area contributed by atoms with Crippen LogP contribution in [0, 0.1) is 0 Å². The van der Waals surface area contributed by atoms with Gasteiger partial charge in [-0.05, 0) is 82.5 Å². The van der Waals surface area contributed by atoms with Gasteiger partial charge in [-0.3, -0.25) is 9.59 Å². The zero-order valence-electron chi connectivity index (χ0n) is 20.6. The van der Waals surface area contributed by atoms with E-state index in [1.165, 1.54) is 11.1 Å². The second-order valence-corrected chi connectivity index (χ2v) is 11.3. The molecule has 0 spiro atoms. The fourth-order valence-corrected chi connectivity index (χ4v) is 4.66. The van der Waals surface area contributed by atoms with Gasteiger partial charge in [-0.25, -0.2) is 4.79 Å². The van der Waals surface area contributed by atoms with Crippen LogP contribution in [0.3, 0.4) is 0 Å². The average molecular weight is 521 g/mol. The van der Waals surface area contributed by atoms with E-state index in [2.05, 4.69) is 34.0 Å². The van der Waals surface area contributed by atoms with Crippen LogP contribution < -0.4 is 16.0 Å². The highest BCUT2D eigenvalue weighted by Crippen LogP contribution is 2.22. The van der Waals surface area contributed by atoms with Gasteiger partial charge in [-0.2, -0.15) is 0 Å². The Kier molecular flexibility index (Phi) is 9.15. The number of nitrogens with zero attached hydrogens (tertiary/aromatic N) is 1. The molecule has 0 radical (unpaired) electrons. The van der Waals surface area contributed by atoms with Gasteiger partial charge in [-0.15, -0.1) is 11.3 Å². The number of benzene rings is 1. The Bertz CT molecular complexity index is 1070. The number of anilines is 1. The van der Waals surface area contributed by atoms with E-state index in [-0.39, 0.29) is 18.9 Å². The number of likely N-dealkylation sites (N-methyl/N-ethyl adjacent to an activating group) is 1. The first-order valence-electron chi connectivity index (χ1n) is 11.6. The molecule has 1 aliphatic heterocycles. The van der Waals surface area contributed by atoms with E-state index in [0.717, 1.165) is 37.3 Å². The number of fused-ring (bicyclic) bond motifs is 1. The number of carbonyl (C=O) groups excluding carboxylic acids is 3. The third-order valence-electron chi connectivity index (χ3n) is 5.52. The first-order chi connectivity index (χ1) is 16.5. The van der Waals surface area contributed by atoms with Gasteiger partial charge in [0.2, 0.25) is 5.91 Å². The van der Waals surface area contributed by atoms with Gasteiger partial charge in [0.15, 0.2) is 0 Å². The molecule has 0 saturated carbocycles. The molecule has 190 valence electrons. The normalized spacial score (nSPS) is 14.9.